The number of nitrogens with one attached hydrogen (secondary N) is 2. The molecule has 2 heterocycles. The number of piperazine rings is 1. The molecule has 3 aromatic carbocycles. The SMILES string of the molecule is O=C1Nc2cc(C(=O)N3CCN(Cc4ccccc4)CC3)ccc2Nc2ccccc21. The lowest BCUT2D eigenvalue weighted by molar-refractivity contribution is 0.0628. The summed E-state index contributed by atoms with van der Waals surface area (Å²) in [7, 11) is 0. The van der Waals surface area contributed by atoms with Crippen LogP contribution in [0.5, 0.6) is 0 Å². The van der Waals surface area contributed by atoms with Crippen molar-refractivity contribution in [2.24, 2.45) is 0 Å². The van der Waals surface area contributed by atoms with Gasteiger partial charge < -0.3 is 15.5 Å². The Morgan fingerprint density at radius 3 is 2.32 bits per heavy atom. The van der Waals surface area contributed by atoms with Crippen molar-refractivity contribution in [1.82, 2.24) is 9.80 Å². The molecule has 0 radical (unpaired) electrons. The normalized spacial score (nSPS) is 15.9. The van der Waals surface area contributed by atoms with Crippen LogP contribution < -0.4 is 10.6 Å². The van der Waals surface area contributed by atoms with E-state index in [1.807, 2.05) is 41.3 Å². The van der Waals surface area contributed by atoms with Gasteiger partial charge in [0.25, 0.3) is 11.8 Å². The van der Waals surface area contributed by atoms with Crippen molar-refractivity contribution >= 4 is 28.9 Å². The first-order valence-corrected chi connectivity index (χ1v) is 10.5. The summed E-state index contributed by atoms with van der Waals surface area (Å²) in [6, 6.07) is 23.2. The minimum atomic E-state index is -0.180. The smallest absolute Gasteiger partial charge is 0.257 e. The third kappa shape index (κ3) is 4.02. The predicted molar refractivity (Wildman–Crippen MR) is 122 cm³/mol. The number of hydrogen-bond donors (Lipinski definition) is 2. The highest BCUT2D eigenvalue weighted by atomic mass is 16.2. The zero-order valence-corrected chi connectivity index (χ0v) is 17.2. The van der Waals surface area contributed by atoms with Gasteiger partial charge in [0.05, 0.1) is 22.6 Å². The van der Waals surface area contributed by atoms with Gasteiger partial charge in [0.2, 0.25) is 0 Å². The molecule has 0 atom stereocenters. The van der Waals surface area contributed by atoms with Gasteiger partial charge in [-0.25, -0.2) is 0 Å². The topological polar surface area (TPSA) is 64.7 Å². The number of amides is 2. The van der Waals surface area contributed by atoms with Gasteiger partial charge in [-0.1, -0.05) is 42.5 Å². The highest BCUT2D eigenvalue weighted by molar-refractivity contribution is 6.12. The van der Waals surface area contributed by atoms with Crippen LogP contribution in [0, 0.1) is 0 Å². The van der Waals surface area contributed by atoms with Crippen LogP contribution in [0.15, 0.2) is 72.8 Å². The van der Waals surface area contributed by atoms with E-state index in [2.05, 4.69) is 39.8 Å². The fraction of sp³-hybridized carbons (Fsp3) is 0.200. The Morgan fingerprint density at radius 2 is 1.52 bits per heavy atom. The molecule has 156 valence electrons. The monoisotopic (exact) mass is 412 g/mol. The number of fused-ring (bicyclic) bond motifs is 2. The van der Waals surface area contributed by atoms with E-state index in [9.17, 15) is 9.59 Å². The Bertz CT molecular complexity index is 1120. The molecule has 2 N–H and O–H groups in total. The summed E-state index contributed by atoms with van der Waals surface area (Å²) in [6.45, 7) is 3.98. The molecule has 0 aromatic heterocycles. The summed E-state index contributed by atoms with van der Waals surface area (Å²) in [5.74, 6) is -0.181. The molecule has 1 fully saturated rings. The van der Waals surface area contributed by atoms with Crippen molar-refractivity contribution in [3.8, 4) is 0 Å². The molecule has 2 aliphatic rings. The molecule has 2 amide bonds. The fourth-order valence-electron chi connectivity index (χ4n) is 4.15. The average Bonchev–Trinajstić information content (AvgIpc) is 2.95. The quantitative estimate of drug-likeness (QED) is 0.684. The zero-order valence-electron chi connectivity index (χ0n) is 17.2. The average molecular weight is 412 g/mol. The molecule has 2 aliphatic heterocycles. The summed E-state index contributed by atoms with van der Waals surface area (Å²) in [5, 5.41) is 6.22. The Kier molecular flexibility index (Phi) is 5.14. The summed E-state index contributed by atoms with van der Waals surface area (Å²) in [4.78, 5) is 30.0. The van der Waals surface area contributed by atoms with Crippen LogP contribution in [0.25, 0.3) is 0 Å². The van der Waals surface area contributed by atoms with Gasteiger partial charge >= 0.3 is 0 Å². The van der Waals surface area contributed by atoms with Gasteiger partial charge in [-0.15, -0.1) is 0 Å². The van der Waals surface area contributed by atoms with Crippen LogP contribution in [0.1, 0.15) is 26.3 Å². The largest absolute Gasteiger partial charge is 0.353 e. The number of anilines is 3. The van der Waals surface area contributed by atoms with Crippen molar-refractivity contribution in [3.63, 3.8) is 0 Å². The van der Waals surface area contributed by atoms with Gasteiger partial charge in [0.1, 0.15) is 0 Å². The predicted octanol–water partition coefficient (Wildman–Crippen LogP) is 3.95. The van der Waals surface area contributed by atoms with E-state index in [1.54, 1.807) is 12.1 Å². The molecular formula is C25H24N4O2. The Morgan fingerprint density at radius 1 is 0.774 bits per heavy atom. The van der Waals surface area contributed by atoms with Crippen LogP contribution in [0.4, 0.5) is 17.1 Å². The highest BCUT2D eigenvalue weighted by Crippen LogP contribution is 2.32. The lowest BCUT2D eigenvalue weighted by Crippen LogP contribution is -2.48. The number of carbonyl (C=O) groups excluding carboxylic acids is 2. The highest BCUT2D eigenvalue weighted by Gasteiger charge is 2.24. The van der Waals surface area contributed by atoms with Gasteiger partial charge in [0, 0.05) is 38.3 Å². The molecule has 3 aromatic rings. The summed E-state index contributed by atoms with van der Waals surface area (Å²) < 4.78 is 0. The fourth-order valence-corrected chi connectivity index (χ4v) is 4.15. The first kappa shape index (κ1) is 19.3. The number of nitrogens with zero attached hydrogens (tertiary/aromatic N) is 2. The second-order valence-electron chi connectivity index (χ2n) is 7.94. The molecule has 0 aliphatic carbocycles. The number of carbonyl (C=O) groups is 2. The van der Waals surface area contributed by atoms with Crippen LogP contribution in [0.2, 0.25) is 0 Å². The molecule has 6 nitrogen and oxygen atoms in total. The lowest BCUT2D eigenvalue weighted by Gasteiger charge is -2.35. The summed E-state index contributed by atoms with van der Waals surface area (Å²) in [6.07, 6.45) is 0. The van der Waals surface area contributed by atoms with Crippen LogP contribution >= 0.6 is 0 Å². The van der Waals surface area contributed by atoms with Gasteiger partial charge in [-0.05, 0) is 35.9 Å². The van der Waals surface area contributed by atoms with Crippen LogP contribution in [0.3, 0.4) is 0 Å². The first-order valence-electron chi connectivity index (χ1n) is 10.5. The molecule has 6 heteroatoms. The molecule has 0 spiro atoms. The van der Waals surface area contributed by atoms with Crippen molar-refractivity contribution in [1.29, 1.82) is 0 Å². The standard InChI is InChI=1S/C25H24N4O2/c30-24-20-8-4-5-9-21(20)26-22-11-10-19(16-23(22)27-24)25(31)29-14-12-28(13-15-29)17-18-6-2-1-3-7-18/h1-11,16,26H,12-15,17H2,(H,27,30). The lowest BCUT2D eigenvalue weighted by atomic mass is 10.1. The van der Waals surface area contributed by atoms with Crippen LogP contribution in [-0.4, -0.2) is 47.8 Å². The Labute approximate surface area is 181 Å². The second kappa shape index (κ2) is 8.24. The van der Waals surface area contributed by atoms with E-state index in [0.717, 1.165) is 31.0 Å². The third-order valence-corrected chi connectivity index (χ3v) is 5.86. The van der Waals surface area contributed by atoms with Crippen molar-refractivity contribution in [2.45, 2.75) is 6.54 Å². The summed E-state index contributed by atoms with van der Waals surface area (Å²) >= 11 is 0. The molecular weight excluding hydrogens is 388 g/mol. The van der Waals surface area contributed by atoms with E-state index >= 15 is 0 Å². The number of rotatable bonds is 3. The van der Waals surface area contributed by atoms with E-state index in [0.29, 0.717) is 29.9 Å². The number of para-hydroxylation sites is 1. The van der Waals surface area contributed by atoms with Crippen molar-refractivity contribution in [3.05, 3.63) is 89.5 Å². The molecule has 31 heavy (non-hydrogen) atoms. The minimum Gasteiger partial charge on any atom is -0.353 e. The van der Waals surface area contributed by atoms with Gasteiger partial charge in [0.15, 0.2) is 0 Å². The molecule has 1 saturated heterocycles. The van der Waals surface area contributed by atoms with Crippen LogP contribution in [-0.2, 0) is 6.54 Å². The van der Waals surface area contributed by atoms with E-state index in [1.165, 1.54) is 5.56 Å². The third-order valence-electron chi connectivity index (χ3n) is 5.86. The van der Waals surface area contributed by atoms with E-state index < -0.39 is 0 Å². The number of hydrogen-bond acceptors (Lipinski definition) is 4. The Hall–Kier alpha value is -3.64. The van der Waals surface area contributed by atoms with E-state index in [4.69, 9.17) is 0 Å². The van der Waals surface area contributed by atoms with Crippen molar-refractivity contribution < 1.29 is 9.59 Å². The molecule has 0 saturated carbocycles. The maximum atomic E-state index is 13.1. The maximum Gasteiger partial charge on any atom is 0.257 e. The maximum absolute atomic E-state index is 13.1. The molecule has 0 bridgehead atoms. The Balaban J connectivity index is 1.27. The van der Waals surface area contributed by atoms with E-state index in [-0.39, 0.29) is 11.8 Å². The zero-order chi connectivity index (χ0) is 21.2. The first-order chi connectivity index (χ1) is 15.2. The van der Waals surface area contributed by atoms with Gasteiger partial charge in [-0.3, -0.25) is 14.5 Å². The molecule has 0 unspecified atom stereocenters. The minimum absolute atomic E-state index is 0.00169. The number of benzene rings is 3. The van der Waals surface area contributed by atoms with Gasteiger partial charge in [-0.2, -0.15) is 0 Å². The molecule has 5 rings (SSSR count). The second-order valence-corrected chi connectivity index (χ2v) is 7.94. The summed E-state index contributed by atoms with van der Waals surface area (Å²) in [5.41, 5.74) is 4.62. The van der Waals surface area contributed by atoms with Crippen molar-refractivity contribution in [2.75, 3.05) is 36.8 Å².